The Labute approximate surface area is 99.6 Å². The molecule has 0 radical (unpaired) electrons. The predicted octanol–water partition coefficient (Wildman–Crippen LogP) is 2.58. The highest BCUT2D eigenvalue weighted by atomic mass is 32.1. The summed E-state index contributed by atoms with van der Waals surface area (Å²) < 4.78 is 53.0. The molecule has 98 valence electrons. The van der Waals surface area contributed by atoms with Crippen LogP contribution < -0.4 is 5.73 Å². The van der Waals surface area contributed by atoms with Crippen LogP contribution in [0.3, 0.4) is 0 Å². The first kappa shape index (κ1) is 14.3. The van der Waals surface area contributed by atoms with Gasteiger partial charge < -0.3 is 10.5 Å². The minimum absolute atomic E-state index is 0.223. The molecule has 2 N–H and O–H groups in total. The number of hydrogen-bond donors (Lipinski definition) is 1. The number of nitrogens with zero attached hydrogens (tertiary/aromatic N) is 1. The molecule has 0 aromatic carbocycles. The second kappa shape index (κ2) is 5.74. The third-order valence-corrected chi connectivity index (χ3v) is 2.72. The van der Waals surface area contributed by atoms with Crippen molar-refractivity contribution in [1.82, 2.24) is 4.98 Å². The van der Waals surface area contributed by atoms with Crippen LogP contribution in [0.1, 0.15) is 23.7 Å². The third kappa shape index (κ3) is 4.21. The maximum atomic E-state index is 12.5. The molecule has 0 amide bonds. The summed E-state index contributed by atoms with van der Waals surface area (Å²) in [4.78, 5) is 4.01. The molecule has 3 nitrogen and oxygen atoms in total. The van der Waals surface area contributed by atoms with Gasteiger partial charge in [0.25, 0.3) is 0 Å². The quantitative estimate of drug-likeness (QED) is 0.810. The van der Waals surface area contributed by atoms with E-state index < -0.39 is 19.0 Å². The van der Waals surface area contributed by atoms with E-state index in [9.17, 15) is 17.6 Å². The van der Waals surface area contributed by atoms with Gasteiger partial charge in [-0.3, -0.25) is 0 Å². The Morgan fingerprint density at radius 1 is 1.53 bits per heavy atom. The highest BCUT2D eigenvalue weighted by Gasteiger charge is 2.40. The van der Waals surface area contributed by atoms with Crippen LogP contribution in [-0.4, -0.2) is 23.9 Å². The lowest BCUT2D eigenvalue weighted by molar-refractivity contribution is -0.168. The zero-order chi connectivity index (χ0) is 13.1. The summed E-state index contributed by atoms with van der Waals surface area (Å²) in [7, 11) is 0. The van der Waals surface area contributed by atoms with E-state index >= 15 is 0 Å². The van der Waals surface area contributed by atoms with Gasteiger partial charge in [-0.05, 0) is 6.92 Å². The lowest BCUT2D eigenvalue weighted by Crippen LogP contribution is -2.32. The molecule has 17 heavy (non-hydrogen) atoms. The van der Waals surface area contributed by atoms with Crippen molar-refractivity contribution in [3.05, 3.63) is 16.1 Å². The van der Waals surface area contributed by atoms with E-state index in [1.165, 1.54) is 11.3 Å². The lowest BCUT2D eigenvalue weighted by atomic mass is 10.3. The average molecular weight is 272 g/mol. The van der Waals surface area contributed by atoms with Gasteiger partial charge in [-0.25, -0.2) is 13.8 Å². The summed E-state index contributed by atoms with van der Waals surface area (Å²) in [6.07, 6.45) is -3.72. The van der Waals surface area contributed by atoms with Crippen molar-refractivity contribution < 1.29 is 22.3 Å². The van der Waals surface area contributed by atoms with Gasteiger partial charge in [0.05, 0.1) is 12.3 Å². The second-order valence-electron chi connectivity index (χ2n) is 3.51. The molecule has 0 bridgehead atoms. The minimum Gasteiger partial charge on any atom is -0.368 e. The number of alkyl halides is 4. The Hall–Kier alpha value is -0.730. The van der Waals surface area contributed by atoms with E-state index in [4.69, 9.17) is 5.73 Å². The molecule has 1 rings (SSSR count). The summed E-state index contributed by atoms with van der Waals surface area (Å²) >= 11 is 1.19. The molecule has 8 heteroatoms. The fourth-order valence-electron chi connectivity index (χ4n) is 0.938. The highest BCUT2D eigenvalue weighted by Crippen LogP contribution is 2.23. The highest BCUT2D eigenvalue weighted by molar-refractivity contribution is 7.09. The topological polar surface area (TPSA) is 48.1 Å². The van der Waals surface area contributed by atoms with Gasteiger partial charge >= 0.3 is 12.3 Å². The fraction of sp³-hybridized carbons (Fsp3) is 0.667. The van der Waals surface area contributed by atoms with Crippen LogP contribution in [0.2, 0.25) is 0 Å². The minimum atomic E-state index is -4.12. The zero-order valence-corrected chi connectivity index (χ0v) is 9.82. The molecule has 0 aliphatic heterocycles. The molecule has 1 unspecified atom stereocenters. The van der Waals surface area contributed by atoms with E-state index in [0.29, 0.717) is 10.7 Å². The number of rotatable bonds is 6. The Morgan fingerprint density at radius 3 is 2.65 bits per heavy atom. The molecule has 1 aromatic heterocycles. The normalized spacial score (nSPS) is 14.3. The average Bonchev–Trinajstić information content (AvgIpc) is 2.66. The molecular weight excluding hydrogens is 260 g/mol. The Kier molecular flexibility index (Phi) is 4.84. The SMILES string of the molecule is CC(N)c1csc(COCC(F)(F)C(F)F)n1. The number of halogens is 4. The van der Waals surface area contributed by atoms with Gasteiger partial charge in [-0.1, -0.05) is 0 Å². The number of hydrogen-bond acceptors (Lipinski definition) is 4. The monoisotopic (exact) mass is 272 g/mol. The van der Waals surface area contributed by atoms with E-state index in [2.05, 4.69) is 9.72 Å². The first-order valence-electron chi connectivity index (χ1n) is 4.76. The van der Waals surface area contributed by atoms with Crippen molar-refractivity contribution in [2.75, 3.05) is 6.61 Å². The summed E-state index contributed by atoms with van der Waals surface area (Å²) in [5.41, 5.74) is 6.17. The Balaban J connectivity index is 2.41. The van der Waals surface area contributed by atoms with Gasteiger partial charge in [-0.2, -0.15) is 8.78 Å². The van der Waals surface area contributed by atoms with Crippen LogP contribution in [0, 0.1) is 0 Å². The van der Waals surface area contributed by atoms with Crippen LogP contribution in [0.15, 0.2) is 5.38 Å². The van der Waals surface area contributed by atoms with Crippen LogP contribution in [-0.2, 0) is 11.3 Å². The number of thiazole rings is 1. The van der Waals surface area contributed by atoms with Crippen molar-refractivity contribution >= 4 is 11.3 Å². The largest absolute Gasteiger partial charge is 0.368 e. The van der Waals surface area contributed by atoms with Gasteiger partial charge in [0.2, 0.25) is 0 Å². The maximum absolute atomic E-state index is 12.5. The number of aromatic nitrogens is 1. The van der Waals surface area contributed by atoms with Crippen LogP contribution >= 0.6 is 11.3 Å². The maximum Gasteiger partial charge on any atom is 0.330 e. The van der Waals surface area contributed by atoms with Gasteiger partial charge in [0, 0.05) is 11.4 Å². The second-order valence-corrected chi connectivity index (χ2v) is 4.45. The molecule has 0 saturated carbocycles. The molecule has 1 atom stereocenters. The van der Waals surface area contributed by atoms with E-state index in [-0.39, 0.29) is 12.6 Å². The van der Waals surface area contributed by atoms with E-state index in [1.54, 1.807) is 12.3 Å². The van der Waals surface area contributed by atoms with Gasteiger partial charge in [0.1, 0.15) is 11.6 Å². The van der Waals surface area contributed by atoms with Gasteiger partial charge in [-0.15, -0.1) is 11.3 Å². The van der Waals surface area contributed by atoms with Crippen molar-refractivity contribution in [1.29, 1.82) is 0 Å². The lowest BCUT2D eigenvalue weighted by Gasteiger charge is -2.14. The van der Waals surface area contributed by atoms with Crippen molar-refractivity contribution in [2.24, 2.45) is 5.73 Å². The molecule has 0 spiro atoms. The summed E-state index contributed by atoms with van der Waals surface area (Å²) in [6.45, 7) is 0.183. The third-order valence-electron chi connectivity index (χ3n) is 1.88. The molecule has 0 saturated heterocycles. The Bertz CT molecular complexity index is 357. The smallest absolute Gasteiger partial charge is 0.330 e. The van der Waals surface area contributed by atoms with Crippen LogP contribution in [0.25, 0.3) is 0 Å². The molecule has 0 aliphatic carbocycles. The number of nitrogens with two attached hydrogens (primary N) is 1. The molecule has 0 aliphatic rings. The fourth-order valence-corrected chi connectivity index (χ4v) is 1.77. The van der Waals surface area contributed by atoms with Crippen molar-refractivity contribution in [3.8, 4) is 0 Å². The summed E-state index contributed by atoms with van der Waals surface area (Å²) in [6, 6.07) is -0.262. The summed E-state index contributed by atoms with van der Waals surface area (Å²) in [5.74, 6) is -4.12. The van der Waals surface area contributed by atoms with Gasteiger partial charge in [0.15, 0.2) is 0 Å². The zero-order valence-electron chi connectivity index (χ0n) is 9.00. The van der Waals surface area contributed by atoms with E-state index in [1.807, 2.05) is 0 Å². The molecule has 1 aromatic rings. The van der Waals surface area contributed by atoms with E-state index in [0.717, 1.165) is 0 Å². The molecule has 1 heterocycles. The Morgan fingerprint density at radius 2 is 2.18 bits per heavy atom. The van der Waals surface area contributed by atoms with Crippen molar-refractivity contribution in [3.63, 3.8) is 0 Å². The van der Waals surface area contributed by atoms with Crippen LogP contribution in [0.5, 0.6) is 0 Å². The number of ether oxygens (including phenoxy) is 1. The standard InChI is InChI=1S/C9H12F4N2OS/c1-5(14)6-3-17-7(15-6)2-16-4-9(12,13)8(10)11/h3,5,8H,2,4,14H2,1H3. The van der Waals surface area contributed by atoms with Crippen LogP contribution in [0.4, 0.5) is 17.6 Å². The molecule has 0 fully saturated rings. The van der Waals surface area contributed by atoms with Crippen molar-refractivity contribution in [2.45, 2.75) is 31.9 Å². The molecular formula is C9H12F4N2OS. The first-order valence-corrected chi connectivity index (χ1v) is 5.64. The first-order chi connectivity index (χ1) is 7.83. The predicted molar refractivity (Wildman–Crippen MR) is 55.3 cm³/mol. The summed E-state index contributed by atoms with van der Waals surface area (Å²) in [5, 5.41) is 2.11.